The third kappa shape index (κ3) is 4.37. The third-order valence-corrected chi connectivity index (χ3v) is 4.82. The third-order valence-electron chi connectivity index (χ3n) is 3.40. The summed E-state index contributed by atoms with van der Waals surface area (Å²) in [6.07, 6.45) is -0.0000503. The molecule has 0 saturated heterocycles. The molecule has 0 aliphatic heterocycles. The molecule has 0 bridgehead atoms. The maximum Gasteiger partial charge on any atom is 0.263 e. The number of ether oxygens (including phenoxy) is 1. The topological polar surface area (TPSA) is 131 Å². The lowest BCUT2D eigenvalue weighted by atomic mass is 10.1. The van der Waals surface area contributed by atoms with Gasteiger partial charge in [0.1, 0.15) is 16.4 Å². The molecular formula is C17H21N3O5S. The number of nitrogens with two attached hydrogens (primary N) is 1. The average molecular weight is 379 g/mol. The molecule has 0 unspecified atom stereocenters. The number of amides is 1. The van der Waals surface area contributed by atoms with E-state index in [2.05, 4.69) is 10.0 Å². The fraction of sp³-hybridized carbons (Fsp3) is 0.235. The first-order chi connectivity index (χ1) is 12.1. The maximum atomic E-state index is 12.7. The number of benzene rings is 2. The van der Waals surface area contributed by atoms with Crippen molar-refractivity contribution in [3.05, 3.63) is 42.0 Å². The fourth-order valence-corrected chi connectivity index (χ4v) is 3.55. The molecule has 2 aromatic rings. The molecule has 5 N–H and O–H groups in total. The van der Waals surface area contributed by atoms with E-state index in [0.29, 0.717) is 11.4 Å². The predicted molar refractivity (Wildman–Crippen MR) is 99.2 cm³/mol. The Morgan fingerprint density at radius 2 is 1.81 bits per heavy atom. The van der Waals surface area contributed by atoms with E-state index < -0.39 is 21.7 Å². The Morgan fingerprint density at radius 1 is 1.19 bits per heavy atom. The van der Waals surface area contributed by atoms with Crippen molar-refractivity contribution in [3.63, 3.8) is 0 Å². The number of phenols is 1. The van der Waals surface area contributed by atoms with Crippen molar-refractivity contribution >= 4 is 27.3 Å². The first-order valence-corrected chi connectivity index (χ1v) is 9.26. The number of carbonyl (C=O) groups is 1. The highest BCUT2D eigenvalue weighted by atomic mass is 32.2. The van der Waals surface area contributed by atoms with Gasteiger partial charge in [-0.05, 0) is 44.2 Å². The molecule has 0 heterocycles. The molecule has 2 aromatic carbocycles. The lowest BCUT2D eigenvalue weighted by Crippen LogP contribution is -2.17. The lowest BCUT2D eigenvalue weighted by molar-refractivity contribution is 0.0997. The van der Waals surface area contributed by atoms with Gasteiger partial charge in [0.05, 0.1) is 17.4 Å². The van der Waals surface area contributed by atoms with Gasteiger partial charge in [0.2, 0.25) is 0 Å². The van der Waals surface area contributed by atoms with Crippen molar-refractivity contribution in [2.75, 3.05) is 17.1 Å². The number of aromatic hydroxyl groups is 1. The molecule has 140 valence electrons. The summed E-state index contributed by atoms with van der Waals surface area (Å²) in [5, 5.41) is 12.5. The van der Waals surface area contributed by atoms with Crippen molar-refractivity contribution in [2.45, 2.75) is 24.8 Å². The maximum absolute atomic E-state index is 12.7. The highest BCUT2D eigenvalue weighted by Gasteiger charge is 2.23. The minimum atomic E-state index is -4.04. The van der Waals surface area contributed by atoms with Gasteiger partial charge in [0.25, 0.3) is 15.9 Å². The zero-order chi connectivity index (χ0) is 19.5. The molecule has 0 atom stereocenters. The number of nitrogens with one attached hydrogen (secondary N) is 2. The molecule has 2 rings (SSSR count). The molecule has 0 fully saturated rings. The molecule has 0 aromatic heterocycles. The molecule has 0 spiro atoms. The highest BCUT2D eigenvalue weighted by Crippen LogP contribution is 2.31. The van der Waals surface area contributed by atoms with Crippen molar-refractivity contribution in [2.24, 2.45) is 5.73 Å². The van der Waals surface area contributed by atoms with Crippen LogP contribution in [0.25, 0.3) is 0 Å². The van der Waals surface area contributed by atoms with Gasteiger partial charge >= 0.3 is 0 Å². The van der Waals surface area contributed by atoms with E-state index in [1.165, 1.54) is 7.05 Å². The van der Waals surface area contributed by atoms with E-state index in [1.807, 2.05) is 13.8 Å². The number of sulfonamides is 1. The number of rotatable bonds is 7. The van der Waals surface area contributed by atoms with Gasteiger partial charge in [-0.25, -0.2) is 8.42 Å². The van der Waals surface area contributed by atoms with Gasteiger partial charge in [-0.3, -0.25) is 9.52 Å². The van der Waals surface area contributed by atoms with E-state index in [9.17, 15) is 18.3 Å². The Morgan fingerprint density at radius 3 is 2.31 bits per heavy atom. The van der Waals surface area contributed by atoms with Gasteiger partial charge in [-0.1, -0.05) is 0 Å². The fourth-order valence-electron chi connectivity index (χ4n) is 2.27. The van der Waals surface area contributed by atoms with Gasteiger partial charge in [-0.15, -0.1) is 0 Å². The lowest BCUT2D eigenvalue weighted by Gasteiger charge is -2.15. The van der Waals surface area contributed by atoms with E-state index in [4.69, 9.17) is 10.5 Å². The van der Waals surface area contributed by atoms with Crippen LogP contribution >= 0.6 is 0 Å². The van der Waals surface area contributed by atoms with Crippen LogP contribution in [0, 0.1) is 0 Å². The zero-order valence-electron chi connectivity index (χ0n) is 14.6. The summed E-state index contributed by atoms with van der Waals surface area (Å²) in [4.78, 5) is 11.2. The molecule has 0 radical (unpaired) electrons. The van der Waals surface area contributed by atoms with Crippen LogP contribution < -0.4 is 20.5 Å². The van der Waals surface area contributed by atoms with Crippen molar-refractivity contribution in [1.29, 1.82) is 0 Å². The van der Waals surface area contributed by atoms with Crippen LogP contribution in [0.5, 0.6) is 11.5 Å². The second-order valence-electron chi connectivity index (χ2n) is 5.78. The van der Waals surface area contributed by atoms with Crippen molar-refractivity contribution < 1.29 is 23.1 Å². The second-order valence-corrected chi connectivity index (χ2v) is 7.43. The Hall–Kier alpha value is -2.94. The normalized spacial score (nSPS) is 11.2. The van der Waals surface area contributed by atoms with Gasteiger partial charge in [0, 0.05) is 18.8 Å². The van der Waals surface area contributed by atoms with Crippen molar-refractivity contribution in [3.8, 4) is 11.5 Å². The first-order valence-electron chi connectivity index (χ1n) is 7.78. The van der Waals surface area contributed by atoms with E-state index in [1.54, 1.807) is 24.3 Å². The van der Waals surface area contributed by atoms with Crippen LogP contribution in [0.3, 0.4) is 0 Å². The van der Waals surface area contributed by atoms with Crippen LogP contribution in [0.15, 0.2) is 41.3 Å². The quantitative estimate of drug-likeness (QED) is 0.583. The summed E-state index contributed by atoms with van der Waals surface area (Å²) in [7, 11) is -2.54. The Kier molecular flexibility index (Phi) is 5.61. The summed E-state index contributed by atoms with van der Waals surface area (Å²) in [6.45, 7) is 3.77. The molecule has 0 saturated carbocycles. The Labute approximate surface area is 152 Å². The standard InChI is InChI=1S/C17H21N3O5S/c1-10(2)25-12-6-4-11(5-7-12)20-26(23,24)16-8-13(17(18)22)15(21)9-14(16)19-3/h4-10,19-21H,1-3H3,(H2,18,22). The van der Waals surface area contributed by atoms with Crippen LogP contribution in [-0.4, -0.2) is 32.6 Å². The predicted octanol–water partition coefficient (Wildman–Crippen LogP) is 2.12. The van der Waals surface area contributed by atoms with Crippen LogP contribution in [-0.2, 0) is 10.0 Å². The van der Waals surface area contributed by atoms with E-state index in [0.717, 1.165) is 12.1 Å². The van der Waals surface area contributed by atoms with Crippen LogP contribution in [0.4, 0.5) is 11.4 Å². The smallest absolute Gasteiger partial charge is 0.263 e. The van der Waals surface area contributed by atoms with E-state index >= 15 is 0 Å². The Bertz CT molecular complexity index is 909. The van der Waals surface area contributed by atoms with Gasteiger partial charge in [0.15, 0.2) is 0 Å². The summed E-state index contributed by atoms with van der Waals surface area (Å²) >= 11 is 0. The molecule has 9 heteroatoms. The number of carbonyl (C=O) groups excluding carboxylic acids is 1. The highest BCUT2D eigenvalue weighted by molar-refractivity contribution is 7.92. The summed E-state index contributed by atoms with van der Waals surface area (Å²) < 4.78 is 33.4. The summed E-state index contributed by atoms with van der Waals surface area (Å²) in [5.41, 5.74) is 5.33. The van der Waals surface area contributed by atoms with Crippen LogP contribution in [0.1, 0.15) is 24.2 Å². The number of hydrogen-bond donors (Lipinski definition) is 4. The molecule has 1 amide bonds. The first kappa shape index (κ1) is 19.4. The second kappa shape index (κ2) is 7.52. The van der Waals surface area contributed by atoms with Crippen molar-refractivity contribution in [1.82, 2.24) is 0 Å². The zero-order valence-corrected chi connectivity index (χ0v) is 15.4. The summed E-state index contributed by atoms with van der Waals surface area (Å²) in [5.74, 6) is -0.729. The van der Waals surface area contributed by atoms with Gasteiger partial charge in [-0.2, -0.15) is 0 Å². The largest absolute Gasteiger partial charge is 0.507 e. The average Bonchev–Trinajstić information content (AvgIpc) is 2.55. The van der Waals surface area contributed by atoms with Crippen LogP contribution in [0.2, 0.25) is 0 Å². The molecule has 0 aliphatic rings. The molecule has 26 heavy (non-hydrogen) atoms. The van der Waals surface area contributed by atoms with Gasteiger partial charge < -0.3 is 20.9 Å². The van der Waals surface area contributed by atoms with E-state index in [-0.39, 0.29) is 22.3 Å². The molecule has 0 aliphatic carbocycles. The summed E-state index contributed by atoms with van der Waals surface area (Å²) in [6, 6.07) is 8.56. The number of primary amides is 1. The SMILES string of the molecule is CNc1cc(O)c(C(N)=O)cc1S(=O)(=O)Nc1ccc(OC(C)C)cc1. The molecule has 8 nitrogen and oxygen atoms in total. The Balaban J connectivity index is 2.38. The number of anilines is 2. The number of hydrogen-bond acceptors (Lipinski definition) is 6. The molecular weight excluding hydrogens is 358 g/mol. The monoisotopic (exact) mass is 379 g/mol. The minimum Gasteiger partial charge on any atom is -0.507 e. The minimum absolute atomic E-state index is 0.0000503.